The lowest BCUT2D eigenvalue weighted by Gasteiger charge is -2.24. The van der Waals surface area contributed by atoms with Crippen LogP contribution in [0.3, 0.4) is 0 Å². The summed E-state index contributed by atoms with van der Waals surface area (Å²) in [6, 6.07) is 0.296. The standard InChI is InChI=1S/C13H26N2O/c1-5-7-9-15(10-8-6-2)13(14)16-11-12(3)4/h14H,3,5-11H2,1-2,4H3. The molecule has 0 heterocycles. The van der Waals surface area contributed by atoms with Crippen molar-refractivity contribution in [2.24, 2.45) is 0 Å². The number of nitrogens with one attached hydrogen (secondary N) is 1. The Hall–Kier alpha value is -0.990. The van der Waals surface area contributed by atoms with Crippen molar-refractivity contribution >= 4 is 6.02 Å². The van der Waals surface area contributed by atoms with Gasteiger partial charge in [0.15, 0.2) is 0 Å². The zero-order chi connectivity index (χ0) is 12.4. The second kappa shape index (κ2) is 9.25. The molecule has 0 aliphatic carbocycles. The van der Waals surface area contributed by atoms with Crippen LogP contribution in [0.15, 0.2) is 12.2 Å². The molecular formula is C13H26N2O. The van der Waals surface area contributed by atoms with E-state index in [0.29, 0.717) is 12.6 Å². The van der Waals surface area contributed by atoms with Crippen LogP contribution in [0.5, 0.6) is 0 Å². The van der Waals surface area contributed by atoms with Gasteiger partial charge in [0.1, 0.15) is 6.61 Å². The van der Waals surface area contributed by atoms with Crippen molar-refractivity contribution < 1.29 is 4.74 Å². The van der Waals surface area contributed by atoms with Gasteiger partial charge in [0.25, 0.3) is 6.02 Å². The minimum absolute atomic E-state index is 0.296. The fourth-order valence-corrected chi connectivity index (χ4v) is 1.30. The Labute approximate surface area is 100.0 Å². The summed E-state index contributed by atoms with van der Waals surface area (Å²) in [7, 11) is 0. The van der Waals surface area contributed by atoms with Gasteiger partial charge in [-0.1, -0.05) is 33.3 Å². The topological polar surface area (TPSA) is 36.3 Å². The summed E-state index contributed by atoms with van der Waals surface area (Å²) < 4.78 is 5.37. The van der Waals surface area contributed by atoms with Crippen LogP contribution in [0.2, 0.25) is 0 Å². The van der Waals surface area contributed by atoms with Crippen LogP contribution in [0.25, 0.3) is 0 Å². The molecule has 0 spiro atoms. The van der Waals surface area contributed by atoms with Crippen molar-refractivity contribution in [3.8, 4) is 0 Å². The van der Waals surface area contributed by atoms with Gasteiger partial charge < -0.3 is 9.64 Å². The average molecular weight is 226 g/mol. The zero-order valence-corrected chi connectivity index (χ0v) is 11.0. The van der Waals surface area contributed by atoms with E-state index in [9.17, 15) is 0 Å². The molecule has 3 nitrogen and oxygen atoms in total. The van der Waals surface area contributed by atoms with Crippen molar-refractivity contribution in [3.63, 3.8) is 0 Å². The monoisotopic (exact) mass is 226 g/mol. The first-order valence-corrected chi connectivity index (χ1v) is 6.22. The Kier molecular flexibility index (Phi) is 8.68. The molecular weight excluding hydrogens is 200 g/mol. The Morgan fingerprint density at radius 1 is 1.19 bits per heavy atom. The minimum Gasteiger partial charge on any atom is -0.461 e. The van der Waals surface area contributed by atoms with Crippen molar-refractivity contribution in [2.75, 3.05) is 19.7 Å². The van der Waals surface area contributed by atoms with E-state index in [1.165, 1.54) is 0 Å². The summed E-state index contributed by atoms with van der Waals surface area (Å²) in [5.41, 5.74) is 0.954. The Morgan fingerprint density at radius 2 is 1.69 bits per heavy atom. The second-order valence-electron chi connectivity index (χ2n) is 4.25. The van der Waals surface area contributed by atoms with Crippen LogP contribution < -0.4 is 0 Å². The molecule has 3 heteroatoms. The van der Waals surface area contributed by atoms with Crippen LogP contribution >= 0.6 is 0 Å². The number of hydrogen-bond donors (Lipinski definition) is 1. The Balaban J connectivity index is 4.03. The number of amidine groups is 1. The molecule has 0 unspecified atom stereocenters. The molecule has 0 fully saturated rings. The van der Waals surface area contributed by atoms with Crippen LogP contribution in [-0.4, -0.2) is 30.6 Å². The van der Waals surface area contributed by atoms with E-state index >= 15 is 0 Å². The van der Waals surface area contributed by atoms with Crippen molar-refractivity contribution in [1.29, 1.82) is 5.41 Å². The number of hydrogen-bond acceptors (Lipinski definition) is 2. The molecule has 0 aliphatic rings. The molecule has 0 amide bonds. The molecule has 0 rings (SSSR count). The fraction of sp³-hybridized carbons (Fsp3) is 0.769. The van der Waals surface area contributed by atoms with Gasteiger partial charge in [0.05, 0.1) is 0 Å². The summed E-state index contributed by atoms with van der Waals surface area (Å²) in [5.74, 6) is 0. The smallest absolute Gasteiger partial charge is 0.284 e. The van der Waals surface area contributed by atoms with E-state index in [1.54, 1.807) is 0 Å². The highest BCUT2D eigenvalue weighted by Gasteiger charge is 2.09. The molecule has 0 aromatic rings. The highest BCUT2D eigenvalue weighted by molar-refractivity contribution is 5.70. The maximum absolute atomic E-state index is 7.86. The molecule has 16 heavy (non-hydrogen) atoms. The summed E-state index contributed by atoms with van der Waals surface area (Å²) in [4.78, 5) is 2.02. The SMILES string of the molecule is C=C(C)COC(=N)N(CCCC)CCCC. The molecule has 94 valence electrons. The van der Waals surface area contributed by atoms with Gasteiger partial charge in [-0.05, 0) is 25.3 Å². The molecule has 0 saturated heterocycles. The van der Waals surface area contributed by atoms with Gasteiger partial charge in [-0.2, -0.15) is 0 Å². The van der Waals surface area contributed by atoms with Gasteiger partial charge in [-0.25, -0.2) is 0 Å². The highest BCUT2D eigenvalue weighted by atomic mass is 16.5. The van der Waals surface area contributed by atoms with Gasteiger partial charge in [0, 0.05) is 13.1 Å². The summed E-state index contributed by atoms with van der Waals surface area (Å²) in [6.45, 7) is 12.3. The van der Waals surface area contributed by atoms with Crippen molar-refractivity contribution in [2.45, 2.75) is 46.5 Å². The van der Waals surface area contributed by atoms with Gasteiger partial charge in [0.2, 0.25) is 0 Å². The molecule has 0 saturated carbocycles. The third-order valence-corrected chi connectivity index (χ3v) is 2.31. The van der Waals surface area contributed by atoms with Crippen LogP contribution in [0.4, 0.5) is 0 Å². The number of nitrogens with zero attached hydrogens (tertiary/aromatic N) is 1. The summed E-state index contributed by atoms with van der Waals surface area (Å²) in [5, 5.41) is 7.86. The molecule has 0 atom stereocenters. The molecule has 0 bridgehead atoms. The summed E-state index contributed by atoms with van der Waals surface area (Å²) >= 11 is 0. The predicted molar refractivity (Wildman–Crippen MR) is 69.9 cm³/mol. The molecule has 1 N–H and O–H groups in total. The largest absolute Gasteiger partial charge is 0.461 e. The maximum atomic E-state index is 7.86. The van der Waals surface area contributed by atoms with E-state index in [2.05, 4.69) is 20.4 Å². The second-order valence-corrected chi connectivity index (χ2v) is 4.25. The van der Waals surface area contributed by atoms with E-state index in [1.807, 2.05) is 11.8 Å². The van der Waals surface area contributed by atoms with E-state index in [4.69, 9.17) is 10.1 Å². The van der Waals surface area contributed by atoms with Crippen molar-refractivity contribution in [1.82, 2.24) is 4.90 Å². The molecule has 0 aromatic heterocycles. The van der Waals surface area contributed by atoms with E-state index < -0.39 is 0 Å². The fourth-order valence-electron chi connectivity index (χ4n) is 1.30. The minimum atomic E-state index is 0.296. The third-order valence-electron chi connectivity index (χ3n) is 2.31. The third kappa shape index (κ3) is 7.32. The first kappa shape index (κ1) is 15.0. The maximum Gasteiger partial charge on any atom is 0.284 e. The summed E-state index contributed by atoms with van der Waals surface area (Å²) in [6.07, 6.45) is 4.53. The van der Waals surface area contributed by atoms with Gasteiger partial charge >= 0.3 is 0 Å². The van der Waals surface area contributed by atoms with Crippen LogP contribution in [-0.2, 0) is 4.74 Å². The van der Waals surface area contributed by atoms with E-state index in [-0.39, 0.29) is 0 Å². The average Bonchev–Trinajstić information content (AvgIpc) is 2.26. The van der Waals surface area contributed by atoms with Crippen LogP contribution in [0.1, 0.15) is 46.5 Å². The number of ether oxygens (including phenoxy) is 1. The zero-order valence-electron chi connectivity index (χ0n) is 11.0. The Morgan fingerprint density at radius 3 is 2.06 bits per heavy atom. The Bertz CT molecular complexity index is 206. The highest BCUT2D eigenvalue weighted by Crippen LogP contribution is 2.02. The lowest BCUT2D eigenvalue weighted by atomic mass is 10.3. The van der Waals surface area contributed by atoms with E-state index in [0.717, 1.165) is 44.3 Å². The van der Waals surface area contributed by atoms with Crippen molar-refractivity contribution in [3.05, 3.63) is 12.2 Å². The lowest BCUT2D eigenvalue weighted by Crippen LogP contribution is -2.34. The molecule has 0 radical (unpaired) electrons. The molecule has 0 aromatic carbocycles. The first-order chi connectivity index (χ1) is 7.61. The number of unbranched alkanes of at least 4 members (excludes halogenated alkanes) is 2. The van der Waals surface area contributed by atoms with Gasteiger partial charge in [-0.15, -0.1) is 0 Å². The first-order valence-electron chi connectivity index (χ1n) is 6.22. The molecule has 0 aliphatic heterocycles. The normalized spacial score (nSPS) is 9.94. The quantitative estimate of drug-likeness (QED) is 0.391. The number of rotatable bonds is 8. The van der Waals surface area contributed by atoms with Gasteiger partial charge in [-0.3, -0.25) is 5.41 Å². The lowest BCUT2D eigenvalue weighted by molar-refractivity contribution is 0.242. The predicted octanol–water partition coefficient (Wildman–Crippen LogP) is 3.42. The van der Waals surface area contributed by atoms with Crippen LogP contribution in [0, 0.1) is 5.41 Å².